The van der Waals surface area contributed by atoms with E-state index in [-0.39, 0.29) is 19.0 Å². The lowest BCUT2D eigenvalue weighted by molar-refractivity contribution is 0.277. The highest BCUT2D eigenvalue weighted by molar-refractivity contribution is 7.10. The molecule has 1 aromatic carbocycles. The summed E-state index contributed by atoms with van der Waals surface area (Å²) in [5.41, 5.74) is 0.802. The number of halogens is 2. The van der Waals surface area contributed by atoms with E-state index in [1.807, 2.05) is 5.38 Å². The van der Waals surface area contributed by atoms with Crippen molar-refractivity contribution in [2.75, 3.05) is 6.61 Å². The maximum atomic E-state index is 13.4. The molecule has 0 spiro atoms. The first-order valence-electron chi connectivity index (χ1n) is 5.94. The number of para-hydroxylation sites is 1. The van der Waals surface area contributed by atoms with E-state index < -0.39 is 11.6 Å². The Kier molecular flexibility index (Phi) is 5.10. The van der Waals surface area contributed by atoms with Crippen LogP contribution in [0.4, 0.5) is 8.78 Å². The molecule has 0 bridgehead atoms. The molecule has 1 heterocycles. The van der Waals surface area contributed by atoms with Crippen molar-refractivity contribution in [2.24, 2.45) is 0 Å². The van der Waals surface area contributed by atoms with Gasteiger partial charge in [-0.3, -0.25) is 0 Å². The SMILES string of the molecule is OCCC#Cc1csc(COc2c(F)cccc2F)c1. The zero-order chi connectivity index (χ0) is 14.4. The van der Waals surface area contributed by atoms with E-state index in [9.17, 15) is 8.78 Å². The van der Waals surface area contributed by atoms with Crippen LogP contribution in [-0.2, 0) is 6.61 Å². The van der Waals surface area contributed by atoms with Crippen molar-refractivity contribution in [1.29, 1.82) is 0 Å². The average Bonchev–Trinajstić information content (AvgIpc) is 2.86. The van der Waals surface area contributed by atoms with Crippen LogP contribution < -0.4 is 4.74 Å². The Morgan fingerprint density at radius 2 is 2.00 bits per heavy atom. The number of hydrogen-bond acceptors (Lipinski definition) is 3. The molecule has 1 N–H and O–H groups in total. The van der Waals surface area contributed by atoms with Gasteiger partial charge in [0.2, 0.25) is 0 Å². The largest absolute Gasteiger partial charge is 0.482 e. The molecule has 0 atom stereocenters. The van der Waals surface area contributed by atoms with Gasteiger partial charge in [-0.15, -0.1) is 11.3 Å². The minimum Gasteiger partial charge on any atom is -0.482 e. The van der Waals surface area contributed by atoms with Crippen molar-refractivity contribution >= 4 is 11.3 Å². The summed E-state index contributed by atoms with van der Waals surface area (Å²) in [6.45, 7) is 0.115. The van der Waals surface area contributed by atoms with Gasteiger partial charge in [0, 0.05) is 22.2 Å². The lowest BCUT2D eigenvalue weighted by atomic mass is 10.3. The van der Waals surface area contributed by atoms with Crippen molar-refractivity contribution in [2.45, 2.75) is 13.0 Å². The smallest absolute Gasteiger partial charge is 0.191 e. The first kappa shape index (κ1) is 14.5. The number of aliphatic hydroxyl groups excluding tert-OH is 1. The van der Waals surface area contributed by atoms with E-state index in [0.717, 1.165) is 22.6 Å². The van der Waals surface area contributed by atoms with Crippen molar-refractivity contribution < 1.29 is 18.6 Å². The van der Waals surface area contributed by atoms with Crippen LogP contribution in [0, 0.1) is 23.5 Å². The summed E-state index contributed by atoms with van der Waals surface area (Å²) in [4.78, 5) is 0.820. The lowest BCUT2D eigenvalue weighted by Crippen LogP contribution is -1.98. The summed E-state index contributed by atoms with van der Waals surface area (Å²) in [7, 11) is 0. The average molecular weight is 294 g/mol. The van der Waals surface area contributed by atoms with Gasteiger partial charge in [0.1, 0.15) is 6.61 Å². The highest BCUT2D eigenvalue weighted by atomic mass is 32.1. The molecule has 2 aromatic rings. The summed E-state index contributed by atoms with van der Waals surface area (Å²) >= 11 is 1.40. The van der Waals surface area contributed by atoms with Crippen LogP contribution in [0.25, 0.3) is 0 Å². The molecule has 0 saturated heterocycles. The summed E-state index contributed by atoms with van der Waals surface area (Å²) in [5, 5.41) is 10.5. The summed E-state index contributed by atoms with van der Waals surface area (Å²) < 4.78 is 31.9. The fourth-order valence-electron chi connectivity index (χ4n) is 1.51. The number of hydrogen-bond donors (Lipinski definition) is 1. The van der Waals surface area contributed by atoms with E-state index in [1.54, 1.807) is 6.07 Å². The monoisotopic (exact) mass is 294 g/mol. The molecule has 0 amide bonds. The van der Waals surface area contributed by atoms with E-state index >= 15 is 0 Å². The van der Waals surface area contributed by atoms with Crippen LogP contribution in [-0.4, -0.2) is 11.7 Å². The first-order valence-corrected chi connectivity index (χ1v) is 6.82. The van der Waals surface area contributed by atoms with Crippen LogP contribution in [0.2, 0.25) is 0 Å². The molecule has 0 aliphatic rings. The molecule has 1 aromatic heterocycles. The number of benzene rings is 1. The molecular formula is C15H12F2O2S. The van der Waals surface area contributed by atoms with Gasteiger partial charge in [-0.2, -0.15) is 0 Å². The molecule has 0 fully saturated rings. The van der Waals surface area contributed by atoms with E-state index in [1.165, 1.54) is 17.4 Å². The molecule has 5 heteroatoms. The van der Waals surface area contributed by atoms with Crippen molar-refractivity contribution in [3.05, 3.63) is 51.7 Å². The Morgan fingerprint density at radius 1 is 1.25 bits per heavy atom. The zero-order valence-corrected chi connectivity index (χ0v) is 11.3. The van der Waals surface area contributed by atoms with Crippen molar-refractivity contribution in [3.63, 3.8) is 0 Å². The first-order chi connectivity index (χ1) is 9.70. The zero-order valence-electron chi connectivity index (χ0n) is 10.5. The molecule has 2 nitrogen and oxygen atoms in total. The fraction of sp³-hybridized carbons (Fsp3) is 0.200. The Hall–Kier alpha value is -1.90. The van der Waals surface area contributed by atoms with Gasteiger partial charge in [-0.1, -0.05) is 17.9 Å². The van der Waals surface area contributed by atoms with Crippen LogP contribution in [0.1, 0.15) is 16.9 Å². The Balaban J connectivity index is 2.00. The topological polar surface area (TPSA) is 29.5 Å². The van der Waals surface area contributed by atoms with Crippen LogP contribution in [0.15, 0.2) is 29.6 Å². The number of thiophene rings is 1. The molecule has 0 unspecified atom stereocenters. The normalized spacial score (nSPS) is 9.95. The number of ether oxygens (including phenoxy) is 1. The second-order valence-electron chi connectivity index (χ2n) is 3.92. The molecule has 0 aliphatic carbocycles. The van der Waals surface area contributed by atoms with Crippen molar-refractivity contribution in [1.82, 2.24) is 0 Å². The van der Waals surface area contributed by atoms with Gasteiger partial charge in [0.05, 0.1) is 6.61 Å². The van der Waals surface area contributed by atoms with Crippen LogP contribution in [0.3, 0.4) is 0 Å². The Labute approximate surface area is 119 Å². The summed E-state index contributed by atoms with van der Waals surface area (Å²) in [6, 6.07) is 5.39. The molecule has 0 radical (unpaired) electrons. The highest BCUT2D eigenvalue weighted by Crippen LogP contribution is 2.23. The number of rotatable bonds is 4. The van der Waals surface area contributed by atoms with Crippen molar-refractivity contribution in [3.8, 4) is 17.6 Å². The number of aliphatic hydroxyl groups is 1. The van der Waals surface area contributed by atoms with Gasteiger partial charge < -0.3 is 9.84 Å². The van der Waals surface area contributed by atoms with E-state index in [4.69, 9.17) is 9.84 Å². The second kappa shape index (κ2) is 7.04. The molecule has 104 valence electrons. The third kappa shape index (κ3) is 3.80. The summed E-state index contributed by atoms with van der Waals surface area (Å²) in [6.07, 6.45) is 0.419. The van der Waals surface area contributed by atoms with E-state index in [0.29, 0.717) is 6.42 Å². The maximum absolute atomic E-state index is 13.4. The van der Waals surface area contributed by atoms with E-state index in [2.05, 4.69) is 11.8 Å². The molecule has 2 rings (SSSR count). The summed E-state index contributed by atoms with van der Waals surface area (Å²) in [5.74, 6) is 3.88. The third-order valence-electron chi connectivity index (χ3n) is 2.40. The molecule has 0 saturated carbocycles. The van der Waals surface area contributed by atoms with Crippen LogP contribution >= 0.6 is 11.3 Å². The minimum absolute atomic E-state index is 0.0274. The Morgan fingerprint density at radius 3 is 2.70 bits per heavy atom. The third-order valence-corrected chi connectivity index (χ3v) is 3.31. The molecular weight excluding hydrogens is 282 g/mol. The fourth-order valence-corrected chi connectivity index (χ4v) is 2.23. The van der Waals surface area contributed by atoms with Gasteiger partial charge in [-0.05, 0) is 18.2 Å². The predicted octanol–water partition coefficient (Wildman–Crippen LogP) is 3.34. The van der Waals surface area contributed by atoms with Crippen LogP contribution in [0.5, 0.6) is 5.75 Å². The van der Waals surface area contributed by atoms with Gasteiger partial charge in [0.15, 0.2) is 17.4 Å². The van der Waals surface area contributed by atoms with Gasteiger partial charge >= 0.3 is 0 Å². The van der Waals surface area contributed by atoms with Gasteiger partial charge in [-0.25, -0.2) is 8.78 Å². The predicted molar refractivity (Wildman–Crippen MR) is 73.6 cm³/mol. The maximum Gasteiger partial charge on any atom is 0.191 e. The standard InChI is InChI=1S/C15H12F2O2S/c16-13-5-3-6-14(17)15(13)19-9-12-8-11(10-20-12)4-1-2-7-18/h3,5-6,8,10,18H,2,7,9H2. The molecule has 20 heavy (non-hydrogen) atoms. The second-order valence-corrected chi connectivity index (χ2v) is 4.91. The quantitative estimate of drug-likeness (QED) is 0.876. The molecule has 0 aliphatic heterocycles. The van der Waals surface area contributed by atoms with Gasteiger partial charge in [0.25, 0.3) is 0 Å². The minimum atomic E-state index is -0.718. The Bertz CT molecular complexity index is 621. The lowest BCUT2D eigenvalue weighted by Gasteiger charge is -2.06. The highest BCUT2D eigenvalue weighted by Gasteiger charge is 2.10.